The van der Waals surface area contributed by atoms with E-state index in [-0.39, 0.29) is 28.1 Å². The molecule has 0 radical (unpaired) electrons. The Balaban J connectivity index is 1.62. The second-order valence-corrected chi connectivity index (χ2v) is 8.44. The van der Waals surface area contributed by atoms with Crippen LogP contribution < -0.4 is 5.56 Å². The summed E-state index contributed by atoms with van der Waals surface area (Å²) < 4.78 is 6.77. The van der Waals surface area contributed by atoms with Crippen LogP contribution in [0.3, 0.4) is 0 Å². The van der Waals surface area contributed by atoms with Gasteiger partial charge in [0.05, 0.1) is 24.9 Å². The lowest BCUT2D eigenvalue weighted by molar-refractivity contribution is 0.0739. The number of nitrogens with zero attached hydrogens (tertiary/aromatic N) is 2. The highest BCUT2D eigenvalue weighted by molar-refractivity contribution is 7.97. The fourth-order valence-corrected chi connectivity index (χ4v) is 5.59. The van der Waals surface area contributed by atoms with Crippen molar-refractivity contribution in [3.63, 3.8) is 0 Å². The molecule has 134 valence electrons. The van der Waals surface area contributed by atoms with Crippen LogP contribution in [0, 0.1) is 0 Å². The molecule has 0 atom stereocenters. The summed E-state index contributed by atoms with van der Waals surface area (Å²) in [6.45, 7) is 1.08. The highest BCUT2D eigenvalue weighted by Crippen LogP contribution is 2.31. The van der Waals surface area contributed by atoms with Crippen LogP contribution >= 0.6 is 0 Å². The van der Waals surface area contributed by atoms with Crippen molar-refractivity contribution in [1.29, 1.82) is 0 Å². The number of aryl methyl sites for hydroxylation is 1. The molecule has 0 spiro atoms. The maximum absolute atomic E-state index is 12.8. The fraction of sp³-hybridized carbons (Fsp3) is 0.263. The number of amides is 1. The number of hydrogen-bond acceptors (Lipinski definition) is 4. The van der Waals surface area contributed by atoms with E-state index >= 15 is 0 Å². The summed E-state index contributed by atoms with van der Waals surface area (Å²) in [5, 5.41) is 11.4. The number of carbonyl (C=O) groups excluding carboxylic acids is 1. The molecular weight excluding hydrogens is 352 g/mol. The van der Waals surface area contributed by atoms with Gasteiger partial charge in [0, 0.05) is 23.3 Å². The summed E-state index contributed by atoms with van der Waals surface area (Å²) in [7, 11) is 1.34. The number of aromatic nitrogens is 1. The summed E-state index contributed by atoms with van der Waals surface area (Å²) >= 11 is 0. The number of para-hydroxylation sites is 1. The van der Waals surface area contributed by atoms with Crippen molar-refractivity contribution in [1.82, 2.24) is 9.47 Å². The van der Waals surface area contributed by atoms with E-state index in [4.69, 9.17) is 4.42 Å². The number of fused-ring (bicyclic) bond motifs is 1. The Kier molecular flexibility index (Phi) is 4.24. The smallest absolute Gasteiger partial charge is 0.310 e. The maximum atomic E-state index is 12.8. The third-order valence-electron chi connectivity index (χ3n) is 4.76. The minimum atomic E-state index is -0.389. The van der Waals surface area contributed by atoms with Gasteiger partial charge in [0.15, 0.2) is 11.5 Å². The highest BCUT2D eigenvalue weighted by Gasteiger charge is 2.37. The lowest BCUT2D eigenvalue weighted by atomic mass is 10.2. The second kappa shape index (κ2) is 6.57. The summed E-state index contributed by atoms with van der Waals surface area (Å²) in [5.74, 6) is 1.60. The molecule has 3 heterocycles. The average Bonchev–Trinajstić information content (AvgIpc) is 3.21. The lowest BCUT2D eigenvalue weighted by Gasteiger charge is -2.26. The zero-order valence-electron chi connectivity index (χ0n) is 14.3. The van der Waals surface area contributed by atoms with Crippen LogP contribution in [-0.4, -0.2) is 45.1 Å². The predicted octanol–water partition coefficient (Wildman–Crippen LogP) is 1.97. The van der Waals surface area contributed by atoms with Crippen LogP contribution in [-0.2, 0) is 17.9 Å². The average molecular weight is 371 g/mol. The molecule has 1 amide bonds. The van der Waals surface area contributed by atoms with Crippen LogP contribution in [0.1, 0.15) is 10.6 Å². The molecule has 4 rings (SSSR count). The Labute approximate surface area is 153 Å². The summed E-state index contributed by atoms with van der Waals surface area (Å²) in [5.41, 5.74) is 0.560. The summed E-state index contributed by atoms with van der Waals surface area (Å²) in [4.78, 5) is 27.4. The highest BCUT2D eigenvalue weighted by atomic mass is 32.2. The van der Waals surface area contributed by atoms with Gasteiger partial charge in [-0.3, -0.25) is 9.59 Å². The molecule has 7 heteroatoms. The van der Waals surface area contributed by atoms with Crippen molar-refractivity contribution in [3.8, 4) is 5.75 Å². The second-order valence-electron chi connectivity index (χ2n) is 6.23. The minimum absolute atomic E-state index is 0.0813. The van der Waals surface area contributed by atoms with Crippen molar-refractivity contribution in [3.05, 3.63) is 58.8 Å². The van der Waals surface area contributed by atoms with Crippen molar-refractivity contribution in [2.24, 2.45) is 7.05 Å². The van der Waals surface area contributed by atoms with Gasteiger partial charge in [-0.05, 0) is 24.3 Å². The zero-order chi connectivity index (χ0) is 18.3. The first-order valence-electron chi connectivity index (χ1n) is 8.39. The van der Waals surface area contributed by atoms with Crippen molar-refractivity contribution < 1.29 is 14.3 Å². The fourth-order valence-electron chi connectivity index (χ4n) is 3.33. The van der Waals surface area contributed by atoms with Gasteiger partial charge < -0.3 is 19.0 Å². The number of furan rings is 1. The molecule has 0 aliphatic carbocycles. The SMILES string of the molecule is Cn1c(=O)c([S+]2CCN(C(=O)c3ccco3)CC2)c(O)c2ccccc21. The molecule has 3 aromatic rings. The van der Waals surface area contributed by atoms with Crippen LogP contribution in [0.2, 0.25) is 0 Å². The van der Waals surface area contributed by atoms with Crippen molar-refractivity contribution >= 4 is 27.7 Å². The van der Waals surface area contributed by atoms with Crippen LogP contribution in [0.5, 0.6) is 5.75 Å². The Morgan fingerprint density at radius 1 is 1.15 bits per heavy atom. The first kappa shape index (κ1) is 16.8. The number of rotatable bonds is 2. The Bertz CT molecular complexity index is 1020. The quantitative estimate of drug-likeness (QED) is 0.699. The van der Waals surface area contributed by atoms with Gasteiger partial charge in [0.2, 0.25) is 0 Å². The molecule has 1 N–H and O–H groups in total. The standard InChI is InChI=1S/C19H18N2O4S/c1-20-14-6-3-2-5-13(14)16(22)17(19(20)24)26-11-8-21(9-12-26)18(23)15-7-4-10-25-15/h2-7,10H,8-9,11-12H2,1H3/p+1. The molecule has 1 fully saturated rings. The van der Waals surface area contributed by atoms with Gasteiger partial charge in [-0.1, -0.05) is 12.1 Å². The summed E-state index contributed by atoms with van der Waals surface area (Å²) in [6, 6.07) is 10.7. The molecule has 1 aliphatic rings. The molecule has 6 nitrogen and oxygen atoms in total. The maximum Gasteiger partial charge on any atom is 0.310 e. The lowest BCUT2D eigenvalue weighted by Crippen LogP contribution is -2.45. The third-order valence-corrected chi connectivity index (χ3v) is 7.05. The number of pyridine rings is 1. The zero-order valence-corrected chi connectivity index (χ0v) is 15.2. The van der Waals surface area contributed by atoms with E-state index < -0.39 is 0 Å². The third kappa shape index (κ3) is 2.68. The molecule has 1 aromatic carbocycles. The van der Waals surface area contributed by atoms with E-state index in [0.29, 0.717) is 46.2 Å². The number of carbonyl (C=O) groups is 1. The predicted molar refractivity (Wildman–Crippen MR) is 101 cm³/mol. The van der Waals surface area contributed by atoms with E-state index in [2.05, 4.69) is 0 Å². The van der Waals surface area contributed by atoms with Gasteiger partial charge in [-0.25, -0.2) is 0 Å². The van der Waals surface area contributed by atoms with Gasteiger partial charge in [0.1, 0.15) is 11.5 Å². The Morgan fingerprint density at radius 3 is 2.58 bits per heavy atom. The van der Waals surface area contributed by atoms with Gasteiger partial charge in [-0.2, -0.15) is 0 Å². The van der Waals surface area contributed by atoms with Crippen LogP contribution in [0.15, 0.2) is 56.8 Å². The van der Waals surface area contributed by atoms with E-state index in [1.165, 1.54) is 6.26 Å². The Hall–Kier alpha value is -2.67. The number of benzene rings is 1. The molecular formula is C19H19N2O4S+. The topological polar surface area (TPSA) is 75.7 Å². The van der Waals surface area contributed by atoms with Gasteiger partial charge >= 0.3 is 5.56 Å². The van der Waals surface area contributed by atoms with Gasteiger partial charge in [0.25, 0.3) is 10.8 Å². The van der Waals surface area contributed by atoms with E-state index in [1.807, 2.05) is 24.3 Å². The summed E-state index contributed by atoms with van der Waals surface area (Å²) in [6.07, 6.45) is 1.48. The molecule has 0 saturated carbocycles. The first-order valence-corrected chi connectivity index (χ1v) is 9.95. The number of hydrogen-bond donors (Lipinski definition) is 1. The van der Waals surface area contributed by atoms with Crippen LogP contribution in [0.25, 0.3) is 10.9 Å². The van der Waals surface area contributed by atoms with E-state index in [0.717, 1.165) is 0 Å². The Morgan fingerprint density at radius 2 is 1.88 bits per heavy atom. The van der Waals surface area contributed by atoms with E-state index in [1.54, 1.807) is 28.6 Å². The van der Waals surface area contributed by atoms with Gasteiger partial charge in [-0.15, -0.1) is 0 Å². The molecule has 1 aliphatic heterocycles. The molecule has 1 saturated heterocycles. The van der Waals surface area contributed by atoms with Crippen molar-refractivity contribution in [2.75, 3.05) is 24.6 Å². The van der Waals surface area contributed by atoms with Crippen molar-refractivity contribution in [2.45, 2.75) is 4.90 Å². The molecule has 0 unspecified atom stereocenters. The minimum Gasteiger partial charge on any atom is -0.503 e. The van der Waals surface area contributed by atoms with Crippen LogP contribution in [0.4, 0.5) is 0 Å². The normalized spacial score (nSPS) is 15.5. The molecule has 2 aromatic heterocycles. The van der Waals surface area contributed by atoms with E-state index in [9.17, 15) is 14.7 Å². The monoisotopic (exact) mass is 371 g/mol. The number of aromatic hydroxyl groups is 1. The first-order chi connectivity index (χ1) is 12.6. The largest absolute Gasteiger partial charge is 0.503 e. The molecule has 0 bridgehead atoms. The molecule has 26 heavy (non-hydrogen) atoms.